The Hall–Kier alpha value is -3.60. The van der Waals surface area contributed by atoms with E-state index in [0.717, 1.165) is 0 Å². The first-order chi connectivity index (χ1) is 13.0. The van der Waals surface area contributed by atoms with Crippen molar-refractivity contribution in [2.45, 2.75) is 5.41 Å². The molecule has 1 unspecified atom stereocenters. The van der Waals surface area contributed by atoms with Crippen molar-refractivity contribution in [2.75, 3.05) is 5.32 Å². The van der Waals surface area contributed by atoms with Crippen molar-refractivity contribution in [1.29, 1.82) is 0 Å². The zero-order valence-corrected chi connectivity index (χ0v) is 14.0. The highest BCUT2D eigenvalue weighted by molar-refractivity contribution is 6.15. The Morgan fingerprint density at radius 1 is 0.889 bits per heavy atom. The molecule has 1 spiro atoms. The first-order valence-corrected chi connectivity index (χ1v) is 8.48. The normalized spacial score (nSPS) is 19.6. The highest BCUT2D eigenvalue weighted by Crippen LogP contribution is 2.55. The van der Waals surface area contributed by atoms with Gasteiger partial charge < -0.3 is 15.5 Å². The van der Waals surface area contributed by atoms with Gasteiger partial charge in [0.15, 0.2) is 0 Å². The molecule has 3 N–H and O–H groups in total. The predicted octanol–water partition coefficient (Wildman–Crippen LogP) is 3.92. The number of aromatic hydroxyl groups is 2. The average Bonchev–Trinajstić information content (AvgIpc) is 3.13. The molecule has 1 atom stereocenters. The van der Waals surface area contributed by atoms with Crippen molar-refractivity contribution in [2.24, 2.45) is 0 Å². The summed E-state index contributed by atoms with van der Waals surface area (Å²) in [5.74, 6) is -0.694. The van der Waals surface area contributed by atoms with Gasteiger partial charge in [0.2, 0.25) is 5.91 Å². The van der Waals surface area contributed by atoms with Crippen LogP contribution in [0.4, 0.5) is 10.1 Å². The van der Waals surface area contributed by atoms with Crippen LogP contribution >= 0.6 is 0 Å². The van der Waals surface area contributed by atoms with Crippen LogP contribution in [0.3, 0.4) is 0 Å². The number of carbonyl (C=O) groups is 1. The highest BCUT2D eigenvalue weighted by atomic mass is 19.1. The number of anilines is 1. The van der Waals surface area contributed by atoms with E-state index in [0.29, 0.717) is 33.5 Å². The summed E-state index contributed by atoms with van der Waals surface area (Å²) in [6.45, 7) is 0. The molecule has 1 aliphatic carbocycles. The fraction of sp³-hybridized carbons (Fsp3) is 0.0455. The van der Waals surface area contributed by atoms with Crippen molar-refractivity contribution in [3.05, 3.63) is 94.8 Å². The first kappa shape index (κ1) is 15.6. The van der Waals surface area contributed by atoms with Gasteiger partial charge in [-0.05, 0) is 41.0 Å². The first-order valence-electron chi connectivity index (χ1n) is 8.48. The minimum absolute atomic E-state index is 0.0160. The molecule has 0 saturated heterocycles. The van der Waals surface area contributed by atoms with Gasteiger partial charge in [-0.1, -0.05) is 42.5 Å². The minimum Gasteiger partial charge on any atom is -0.507 e. The van der Waals surface area contributed by atoms with Crippen LogP contribution in [0.5, 0.6) is 11.5 Å². The lowest BCUT2D eigenvalue weighted by Gasteiger charge is -2.21. The highest BCUT2D eigenvalue weighted by Gasteiger charge is 2.52. The molecular weight excluding hydrogens is 345 g/mol. The van der Waals surface area contributed by atoms with Crippen molar-refractivity contribution >= 4 is 17.2 Å². The van der Waals surface area contributed by atoms with Gasteiger partial charge in [-0.25, -0.2) is 4.39 Å². The smallest absolute Gasteiger partial charge is 0.243 e. The Kier molecular flexibility index (Phi) is 3.01. The maximum Gasteiger partial charge on any atom is 0.243 e. The molecule has 132 valence electrons. The monoisotopic (exact) mass is 359 g/mol. The molecule has 0 saturated carbocycles. The second kappa shape index (κ2) is 5.20. The third-order valence-electron chi connectivity index (χ3n) is 5.30. The number of nitrogens with one attached hydrogen (secondary N) is 1. The van der Waals surface area contributed by atoms with E-state index < -0.39 is 11.2 Å². The molecular formula is C22H14FNO3. The molecule has 0 bridgehead atoms. The summed E-state index contributed by atoms with van der Waals surface area (Å²) in [6.07, 6.45) is 1.74. The Labute approximate surface area is 154 Å². The van der Waals surface area contributed by atoms with Crippen LogP contribution in [0, 0.1) is 5.82 Å². The number of hydrogen-bond donors (Lipinski definition) is 3. The number of amides is 1. The van der Waals surface area contributed by atoms with Crippen molar-refractivity contribution in [3.63, 3.8) is 0 Å². The molecule has 1 aliphatic heterocycles. The molecule has 5 rings (SSSR count). The Morgan fingerprint density at radius 3 is 2.48 bits per heavy atom. The Morgan fingerprint density at radius 2 is 1.67 bits per heavy atom. The van der Waals surface area contributed by atoms with E-state index in [4.69, 9.17) is 0 Å². The number of para-hydroxylation sites is 1. The van der Waals surface area contributed by atoms with Crippen LogP contribution in [0.25, 0.3) is 5.57 Å². The molecule has 27 heavy (non-hydrogen) atoms. The van der Waals surface area contributed by atoms with E-state index in [1.165, 1.54) is 12.1 Å². The number of phenolic OH excluding ortho intramolecular Hbond substituents is 2. The Balaban J connectivity index is 1.88. The topological polar surface area (TPSA) is 69.6 Å². The summed E-state index contributed by atoms with van der Waals surface area (Å²) in [5, 5.41) is 23.7. The van der Waals surface area contributed by atoms with Crippen LogP contribution < -0.4 is 5.32 Å². The SMILES string of the molecule is O=C1Nc2cc(F)ccc2C12C=C(c1ccccc1O)c1c(O)cccc12. The number of phenols is 2. The van der Waals surface area contributed by atoms with Gasteiger partial charge in [0, 0.05) is 16.8 Å². The predicted molar refractivity (Wildman–Crippen MR) is 99.1 cm³/mol. The van der Waals surface area contributed by atoms with Gasteiger partial charge >= 0.3 is 0 Å². The van der Waals surface area contributed by atoms with Crippen LogP contribution in [0.1, 0.15) is 22.3 Å². The summed E-state index contributed by atoms with van der Waals surface area (Å²) in [5.41, 5.74) is 2.01. The Bertz CT molecular complexity index is 1170. The number of hydrogen-bond acceptors (Lipinski definition) is 3. The third-order valence-corrected chi connectivity index (χ3v) is 5.30. The van der Waals surface area contributed by atoms with Crippen LogP contribution in [0.15, 0.2) is 66.7 Å². The van der Waals surface area contributed by atoms with E-state index >= 15 is 0 Å². The van der Waals surface area contributed by atoms with E-state index in [2.05, 4.69) is 5.32 Å². The van der Waals surface area contributed by atoms with Gasteiger partial charge in [0.25, 0.3) is 0 Å². The van der Waals surface area contributed by atoms with E-state index in [9.17, 15) is 19.4 Å². The van der Waals surface area contributed by atoms with Crippen LogP contribution in [-0.4, -0.2) is 16.1 Å². The van der Waals surface area contributed by atoms with E-state index in [1.807, 2.05) is 0 Å². The van der Waals surface area contributed by atoms with Gasteiger partial charge in [-0.15, -0.1) is 0 Å². The molecule has 0 fully saturated rings. The fourth-order valence-corrected chi connectivity index (χ4v) is 4.15. The summed E-state index contributed by atoms with van der Waals surface area (Å²) in [4.78, 5) is 13.1. The second-order valence-corrected chi connectivity index (χ2v) is 6.73. The van der Waals surface area contributed by atoms with Crippen molar-refractivity contribution in [3.8, 4) is 11.5 Å². The number of halogens is 1. The molecule has 3 aromatic carbocycles. The molecule has 0 radical (unpaired) electrons. The molecule has 1 amide bonds. The lowest BCUT2D eigenvalue weighted by Crippen LogP contribution is -2.32. The molecule has 1 heterocycles. The standard InChI is InChI=1S/C22H14FNO3/c23-12-8-9-15-17(10-12)24-21(27)22(15)11-14(13-4-1-2-6-18(13)25)20-16(22)5-3-7-19(20)26/h1-11,25-26H,(H,24,27). The molecule has 3 aromatic rings. The number of carbonyl (C=O) groups excluding carboxylic acids is 1. The van der Waals surface area contributed by atoms with Gasteiger partial charge in [0.05, 0.1) is 0 Å². The summed E-state index contributed by atoms with van der Waals surface area (Å²) < 4.78 is 13.7. The summed E-state index contributed by atoms with van der Waals surface area (Å²) in [6, 6.07) is 15.9. The lowest BCUT2D eigenvalue weighted by molar-refractivity contribution is -0.118. The quantitative estimate of drug-likeness (QED) is 0.617. The van der Waals surface area contributed by atoms with Gasteiger partial charge in [-0.2, -0.15) is 0 Å². The van der Waals surface area contributed by atoms with E-state index in [-0.39, 0.29) is 17.4 Å². The van der Waals surface area contributed by atoms with Crippen LogP contribution in [0.2, 0.25) is 0 Å². The van der Waals surface area contributed by atoms with Crippen molar-refractivity contribution in [1.82, 2.24) is 0 Å². The maximum atomic E-state index is 13.7. The zero-order valence-electron chi connectivity index (χ0n) is 14.0. The molecule has 0 aromatic heterocycles. The largest absolute Gasteiger partial charge is 0.507 e. The van der Waals surface area contributed by atoms with Crippen molar-refractivity contribution < 1.29 is 19.4 Å². The molecule has 2 aliphatic rings. The molecule has 4 nitrogen and oxygen atoms in total. The zero-order chi connectivity index (χ0) is 18.8. The minimum atomic E-state index is -1.19. The third kappa shape index (κ3) is 1.94. The average molecular weight is 359 g/mol. The number of benzene rings is 3. The lowest BCUT2D eigenvalue weighted by atomic mass is 9.77. The summed E-state index contributed by atoms with van der Waals surface area (Å²) >= 11 is 0. The maximum absolute atomic E-state index is 13.7. The molecule has 5 heteroatoms. The van der Waals surface area contributed by atoms with Crippen LogP contribution in [-0.2, 0) is 10.2 Å². The second-order valence-electron chi connectivity index (χ2n) is 6.73. The van der Waals surface area contributed by atoms with E-state index in [1.54, 1.807) is 54.6 Å². The van der Waals surface area contributed by atoms with Gasteiger partial charge in [0.1, 0.15) is 22.7 Å². The summed E-state index contributed by atoms with van der Waals surface area (Å²) in [7, 11) is 0. The number of fused-ring (bicyclic) bond motifs is 4. The number of rotatable bonds is 1. The fourth-order valence-electron chi connectivity index (χ4n) is 4.15. The van der Waals surface area contributed by atoms with Gasteiger partial charge in [-0.3, -0.25) is 4.79 Å².